The van der Waals surface area contributed by atoms with Crippen molar-refractivity contribution in [2.45, 2.75) is 45.4 Å². The molecule has 0 saturated carbocycles. The second-order valence-electron chi connectivity index (χ2n) is 10.0. The Labute approximate surface area is 209 Å². The molecule has 3 rings (SSSR count). The zero-order valence-electron chi connectivity index (χ0n) is 21.5. The maximum absolute atomic E-state index is 13.0. The number of hydrogen-bond donors (Lipinski definition) is 1. The molecule has 1 N–H and O–H groups in total. The highest BCUT2D eigenvalue weighted by Crippen LogP contribution is 2.39. The van der Waals surface area contributed by atoms with Crippen molar-refractivity contribution in [1.82, 2.24) is 14.5 Å². The smallest absolute Gasteiger partial charge is 0.240 e. The van der Waals surface area contributed by atoms with E-state index in [1.807, 2.05) is 11.8 Å². The first-order valence-electron chi connectivity index (χ1n) is 12.4. The molecule has 1 saturated heterocycles. The van der Waals surface area contributed by atoms with Crippen LogP contribution in [0, 0.1) is 23.7 Å². The highest BCUT2D eigenvalue weighted by Gasteiger charge is 2.34. The van der Waals surface area contributed by atoms with Crippen molar-refractivity contribution in [3.63, 3.8) is 0 Å². The summed E-state index contributed by atoms with van der Waals surface area (Å²) in [5, 5.41) is 0. The minimum atomic E-state index is -3.63. The lowest BCUT2D eigenvalue weighted by atomic mass is 9.70. The Balaban J connectivity index is 1.63. The third kappa shape index (κ3) is 6.85. The zero-order chi connectivity index (χ0) is 25.8. The van der Waals surface area contributed by atoms with E-state index in [9.17, 15) is 18.0 Å². The summed E-state index contributed by atoms with van der Waals surface area (Å²) in [6.07, 6.45) is 3.47. The summed E-state index contributed by atoms with van der Waals surface area (Å²) in [4.78, 5) is 28.4. The first-order chi connectivity index (χ1) is 16.5. The van der Waals surface area contributed by atoms with Crippen LogP contribution < -0.4 is 9.46 Å². The van der Waals surface area contributed by atoms with Gasteiger partial charge in [0.15, 0.2) is 0 Å². The molecule has 1 aromatic rings. The molecule has 2 aliphatic rings. The first-order valence-corrected chi connectivity index (χ1v) is 13.9. The number of nitrogens with one attached hydrogen (secondary N) is 1. The molecule has 8 nitrogen and oxygen atoms in total. The van der Waals surface area contributed by atoms with Crippen molar-refractivity contribution < 1.29 is 22.7 Å². The number of methoxy groups -OCH3 is 1. The summed E-state index contributed by atoms with van der Waals surface area (Å²) in [5.74, 6) is 1.62. The number of allylic oxidation sites excluding steroid dienone is 1. The second kappa shape index (κ2) is 11.6. The van der Waals surface area contributed by atoms with Gasteiger partial charge in [0.25, 0.3) is 0 Å². The molecule has 0 radical (unpaired) electrons. The van der Waals surface area contributed by atoms with Gasteiger partial charge in [-0.05, 0) is 61.3 Å². The summed E-state index contributed by atoms with van der Waals surface area (Å²) < 4.78 is 33.6. The van der Waals surface area contributed by atoms with Crippen LogP contribution in [0.3, 0.4) is 0 Å². The molecule has 1 heterocycles. The summed E-state index contributed by atoms with van der Waals surface area (Å²) >= 11 is 0. The van der Waals surface area contributed by atoms with Crippen molar-refractivity contribution in [1.29, 1.82) is 0 Å². The fourth-order valence-electron chi connectivity index (χ4n) is 5.16. The standard InChI is InChI=1S/C26H39N3O5S/c1-18(2)25-15-21(16-26(31)29-12-10-28(11-13-29)20(4)30)19(3)14-22(25)17-27-35(32,33)24-8-6-23(34-5)7-9-24/h6-9,14,18,21-22,25,27H,10-13,15-17H2,1-5H3/t21-,22-,25-/m0/s1. The van der Waals surface area contributed by atoms with Crippen LogP contribution in [0.1, 0.15) is 40.5 Å². The van der Waals surface area contributed by atoms with E-state index in [0.29, 0.717) is 50.8 Å². The zero-order valence-corrected chi connectivity index (χ0v) is 22.3. The molecule has 2 amide bonds. The molecule has 3 atom stereocenters. The monoisotopic (exact) mass is 505 g/mol. The van der Waals surface area contributed by atoms with Crippen LogP contribution in [0.4, 0.5) is 0 Å². The predicted octanol–water partition coefficient (Wildman–Crippen LogP) is 2.91. The molecule has 9 heteroatoms. The van der Waals surface area contributed by atoms with Gasteiger partial charge < -0.3 is 14.5 Å². The van der Waals surface area contributed by atoms with Crippen LogP contribution in [-0.4, -0.2) is 69.9 Å². The molecule has 0 spiro atoms. The summed E-state index contributed by atoms with van der Waals surface area (Å²) in [5.41, 5.74) is 1.14. The summed E-state index contributed by atoms with van der Waals surface area (Å²) in [7, 11) is -2.09. The van der Waals surface area contributed by atoms with Crippen molar-refractivity contribution in [2.75, 3.05) is 39.8 Å². The Bertz CT molecular complexity index is 1030. The van der Waals surface area contributed by atoms with E-state index in [0.717, 1.165) is 12.0 Å². The number of carbonyl (C=O) groups is 2. The van der Waals surface area contributed by atoms with Crippen molar-refractivity contribution in [3.05, 3.63) is 35.9 Å². The Morgan fingerprint density at radius 2 is 1.69 bits per heavy atom. The number of piperazine rings is 1. The number of hydrogen-bond acceptors (Lipinski definition) is 5. The van der Waals surface area contributed by atoms with Gasteiger partial charge in [0.1, 0.15) is 5.75 Å². The van der Waals surface area contributed by atoms with Gasteiger partial charge in [-0.2, -0.15) is 0 Å². The fraction of sp³-hybridized carbons (Fsp3) is 0.615. The van der Waals surface area contributed by atoms with Crippen LogP contribution in [0.2, 0.25) is 0 Å². The largest absolute Gasteiger partial charge is 0.497 e. The molecule has 0 aromatic heterocycles. The summed E-state index contributed by atoms with van der Waals surface area (Å²) in [6, 6.07) is 6.36. The average molecular weight is 506 g/mol. The van der Waals surface area contributed by atoms with E-state index >= 15 is 0 Å². The fourth-order valence-corrected chi connectivity index (χ4v) is 6.24. The SMILES string of the molecule is COc1ccc(S(=O)(=O)NC[C@@H]2C=C(C)[C@H](CC(=O)N3CCN(C(C)=O)CC3)C[C@H]2C(C)C)cc1. The molecular formula is C26H39N3O5S. The lowest BCUT2D eigenvalue weighted by Crippen LogP contribution is -2.50. The van der Waals surface area contributed by atoms with Gasteiger partial charge in [0.05, 0.1) is 12.0 Å². The number of sulfonamides is 1. The van der Waals surface area contributed by atoms with E-state index in [1.54, 1.807) is 43.2 Å². The maximum Gasteiger partial charge on any atom is 0.240 e. The number of rotatable bonds is 8. The number of ether oxygens (including phenoxy) is 1. The molecule has 0 unspecified atom stereocenters. The minimum absolute atomic E-state index is 0.0524. The van der Waals surface area contributed by atoms with E-state index in [4.69, 9.17) is 4.74 Å². The van der Waals surface area contributed by atoms with E-state index in [-0.39, 0.29) is 34.5 Å². The topological polar surface area (TPSA) is 96.0 Å². The van der Waals surface area contributed by atoms with Crippen LogP contribution in [-0.2, 0) is 19.6 Å². The Hall–Kier alpha value is -2.39. The van der Waals surface area contributed by atoms with E-state index in [2.05, 4.69) is 24.6 Å². The molecule has 0 bridgehead atoms. The number of amides is 2. The van der Waals surface area contributed by atoms with Gasteiger partial charge in [-0.1, -0.05) is 25.5 Å². The van der Waals surface area contributed by atoms with Gasteiger partial charge in [-0.3, -0.25) is 9.59 Å². The summed E-state index contributed by atoms with van der Waals surface area (Å²) in [6.45, 7) is 10.6. The van der Waals surface area contributed by atoms with E-state index in [1.165, 1.54) is 0 Å². The third-order valence-corrected chi connectivity index (χ3v) is 8.90. The van der Waals surface area contributed by atoms with Gasteiger partial charge in [-0.25, -0.2) is 13.1 Å². The third-order valence-electron chi connectivity index (χ3n) is 7.46. The second-order valence-corrected chi connectivity index (χ2v) is 11.8. The minimum Gasteiger partial charge on any atom is -0.497 e. The molecule has 194 valence electrons. The first kappa shape index (κ1) is 27.2. The van der Waals surface area contributed by atoms with Crippen LogP contribution >= 0.6 is 0 Å². The lowest BCUT2D eigenvalue weighted by Gasteiger charge is -2.39. The van der Waals surface area contributed by atoms with Gasteiger partial charge in [0, 0.05) is 46.1 Å². The highest BCUT2D eigenvalue weighted by atomic mass is 32.2. The van der Waals surface area contributed by atoms with Crippen LogP contribution in [0.5, 0.6) is 5.75 Å². The quantitative estimate of drug-likeness (QED) is 0.548. The van der Waals surface area contributed by atoms with Gasteiger partial charge >= 0.3 is 0 Å². The number of nitrogens with zero attached hydrogens (tertiary/aromatic N) is 2. The van der Waals surface area contributed by atoms with Crippen molar-refractivity contribution in [3.8, 4) is 5.75 Å². The normalized spacial score (nSPS) is 23.3. The van der Waals surface area contributed by atoms with E-state index < -0.39 is 10.0 Å². The maximum atomic E-state index is 13.0. The van der Waals surface area contributed by atoms with Crippen LogP contribution in [0.15, 0.2) is 40.8 Å². The molecule has 1 aliphatic heterocycles. The Morgan fingerprint density at radius 3 is 2.23 bits per heavy atom. The molecule has 35 heavy (non-hydrogen) atoms. The Morgan fingerprint density at radius 1 is 1.09 bits per heavy atom. The molecule has 1 fully saturated rings. The van der Waals surface area contributed by atoms with Crippen molar-refractivity contribution in [2.24, 2.45) is 23.7 Å². The highest BCUT2D eigenvalue weighted by molar-refractivity contribution is 7.89. The molecule has 1 aromatic carbocycles. The number of carbonyl (C=O) groups excluding carboxylic acids is 2. The lowest BCUT2D eigenvalue weighted by molar-refractivity contribution is -0.139. The molecule has 1 aliphatic carbocycles. The van der Waals surface area contributed by atoms with Gasteiger partial charge in [0.2, 0.25) is 21.8 Å². The van der Waals surface area contributed by atoms with Crippen LogP contribution in [0.25, 0.3) is 0 Å². The predicted molar refractivity (Wildman–Crippen MR) is 135 cm³/mol. The number of benzene rings is 1. The van der Waals surface area contributed by atoms with Gasteiger partial charge in [-0.15, -0.1) is 0 Å². The van der Waals surface area contributed by atoms with Crippen molar-refractivity contribution >= 4 is 21.8 Å². The Kier molecular flexibility index (Phi) is 8.99. The molecular weight excluding hydrogens is 466 g/mol. The average Bonchev–Trinajstić information content (AvgIpc) is 2.84.